The fourth-order valence-electron chi connectivity index (χ4n) is 1.88. The van der Waals surface area contributed by atoms with Crippen LogP contribution in [0.3, 0.4) is 0 Å². The number of H-pyrrole nitrogens is 1. The van der Waals surface area contributed by atoms with Crippen LogP contribution < -0.4 is 5.32 Å². The van der Waals surface area contributed by atoms with Crippen molar-refractivity contribution >= 4 is 18.7 Å². The first-order valence-corrected chi connectivity index (χ1v) is 5.47. The molecule has 2 aromatic rings. The predicted octanol–water partition coefficient (Wildman–Crippen LogP) is 1.31. The highest BCUT2D eigenvalue weighted by Gasteiger charge is 2.17. The molecule has 0 aliphatic heterocycles. The van der Waals surface area contributed by atoms with Gasteiger partial charge < -0.3 is 10.1 Å². The van der Waals surface area contributed by atoms with Gasteiger partial charge in [0.25, 0.3) is 0 Å². The standard InChI is InChI=1S/C12H15BN2O/c1-2-14-12(16)11(13)9-7-15-10-6-4-3-5-8(9)10/h3-7,11-12,14-16H,2H2,1H3. The van der Waals surface area contributed by atoms with Gasteiger partial charge in [0.05, 0.1) is 7.85 Å². The number of para-hydroxylation sites is 1. The first-order chi connectivity index (χ1) is 7.74. The number of aromatic amines is 1. The average molecular weight is 214 g/mol. The number of aromatic nitrogens is 1. The summed E-state index contributed by atoms with van der Waals surface area (Å²) >= 11 is 0. The Morgan fingerprint density at radius 3 is 2.94 bits per heavy atom. The monoisotopic (exact) mass is 214 g/mol. The van der Waals surface area contributed by atoms with E-state index in [9.17, 15) is 5.11 Å². The van der Waals surface area contributed by atoms with Gasteiger partial charge in [0.1, 0.15) is 6.23 Å². The van der Waals surface area contributed by atoms with E-state index in [1.54, 1.807) is 0 Å². The van der Waals surface area contributed by atoms with Crippen molar-refractivity contribution in [2.24, 2.45) is 0 Å². The Balaban J connectivity index is 2.32. The second-order valence-electron chi connectivity index (χ2n) is 3.82. The van der Waals surface area contributed by atoms with E-state index in [0.717, 1.165) is 16.5 Å². The Labute approximate surface area is 96.3 Å². The molecule has 1 aromatic carbocycles. The van der Waals surface area contributed by atoms with Crippen molar-refractivity contribution in [3.63, 3.8) is 0 Å². The zero-order chi connectivity index (χ0) is 11.5. The predicted molar refractivity (Wildman–Crippen MR) is 66.5 cm³/mol. The first kappa shape index (κ1) is 11.2. The number of nitrogens with one attached hydrogen (secondary N) is 2. The largest absolute Gasteiger partial charge is 0.379 e. The van der Waals surface area contributed by atoms with Crippen LogP contribution in [0, 0.1) is 0 Å². The molecule has 0 fully saturated rings. The van der Waals surface area contributed by atoms with Gasteiger partial charge in [-0.2, -0.15) is 0 Å². The van der Waals surface area contributed by atoms with Gasteiger partial charge in [-0.15, -0.1) is 0 Å². The van der Waals surface area contributed by atoms with Gasteiger partial charge in [-0.25, -0.2) is 0 Å². The van der Waals surface area contributed by atoms with E-state index in [1.165, 1.54) is 0 Å². The Bertz CT molecular complexity index is 469. The van der Waals surface area contributed by atoms with Crippen molar-refractivity contribution < 1.29 is 5.11 Å². The molecule has 0 saturated carbocycles. The summed E-state index contributed by atoms with van der Waals surface area (Å²) in [4.78, 5) is 3.15. The third-order valence-corrected chi connectivity index (χ3v) is 2.73. The molecular formula is C12H15BN2O. The fraction of sp³-hybridized carbons (Fsp3) is 0.333. The fourth-order valence-corrected chi connectivity index (χ4v) is 1.88. The first-order valence-electron chi connectivity index (χ1n) is 5.47. The molecular weight excluding hydrogens is 199 g/mol. The maximum absolute atomic E-state index is 9.80. The molecule has 0 amide bonds. The summed E-state index contributed by atoms with van der Waals surface area (Å²) in [6.45, 7) is 2.63. The van der Waals surface area contributed by atoms with Crippen LogP contribution in [0.4, 0.5) is 0 Å². The van der Waals surface area contributed by atoms with E-state index in [-0.39, 0.29) is 0 Å². The lowest BCUT2D eigenvalue weighted by atomic mass is 9.79. The van der Waals surface area contributed by atoms with Crippen molar-refractivity contribution in [2.75, 3.05) is 6.54 Å². The molecule has 0 aliphatic carbocycles. The summed E-state index contributed by atoms with van der Waals surface area (Å²) in [6, 6.07) is 7.92. The maximum Gasteiger partial charge on any atom is 0.103 e. The lowest BCUT2D eigenvalue weighted by Crippen LogP contribution is -2.34. The average Bonchev–Trinajstić information content (AvgIpc) is 2.72. The smallest absolute Gasteiger partial charge is 0.103 e. The van der Waals surface area contributed by atoms with Gasteiger partial charge in [-0.3, -0.25) is 5.32 Å². The number of aliphatic hydroxyl groups excluding tert-OH is 1. The van der Waals surface area contributed by atoms with E-state index in [4.69, 9.17) is 7.85 Å². The molecule has 2 atom stereocenters. The summed E-state index contributed by atoms with van der Waals surface area (Å²) in [5.41, 5.74) is 1.97. The Kier molecular flexibility index (Phi) is 3.32. The number of hydrogen-bond donors (Lipinski definition) is 3. The van der Waals surface area contributed by atoms with Crippen LogP contribution in [0.25, 0.3) is 10.9 Å². The molecule has 82 valence electrons. The number of benzene rings is 1. The summed E-state index contributed by atoms with van der Waals surface area (Å²) in [5.74, 6) is -0.420. The van der Waals surface area contributed by atoms with Crippen molar-refractivity contribution in [1.82, 2.24) is 10.3 Å². The Hall–Kier alpha value is -1.26. The molecule has 2 radical (unpaired) electrons. The van der Waals surface area contributed by atoms with Crippen LogP contribution in [0.2, 0.25) is 0 Å². The van der Waals surface area contributed by atoms with Gasteiger partial charge in [0.15, 0.2) is 0 Å². The zero-order valence-electron chi connectivity index (χ0n) is 9.27. The van der Waals surface area contributed by atoms with Crippen molar-refractivity contribution in [2.45, 2.75) is 19.0 Å². The molecule has 0 aliphatic rings. The van der Waals surface area contributed by atoms with E-state index in [2.05, 4.69) is 10.3 Å². The SMILES string of the molecule is [B]C(c1c[nH]c2ccccc12)C(O)NCC. The summed E-state index contributed by atoms with van der Waals surface area (Å²) in [7, 11) is 6.00. The number of fused-ring (bicyclic) bond motifs is 1. The van der Waals surface area contributed by atoms with Crippen LogP contribution in [0.5, 0.6) is 0 Å². The number of aliphatic hydroxyl groups is 1. The van der Waals surface area contributed by atoms with Crippen LogP contribution in [-0.2, 0) is 0 Å². The third kappa shape index (κ3) is 1.99. The number of hydrogen-bond acceptors (Lipinski definition) is 2. The molecule has 3 nitrogen and oxygen atoms in total. The van der Waals surface area contributed by atoms with Crippen molar-refractivity contribution in [3.8, 4) is 0 Å². The Morgan fingerprint density at radius 1 is 1.44 bits per heavy atom. The van der Waals surface area contributed by atoms with Crippen LogP contribution in [0.15, 0.2) is 30.5 Å². The zero-order valence-corrected chi connectivity index (χ0v) is 9.27. The molecule has 0 saturated heterocycles. The van der Waals surface area contributed by atoms with Crippen molar-refractivity contribution in [1.29, 1.82) is 0 Å². The lowest BCUT2D eigenvalue weighted by Gasteiger charge is -2.19. The lowest BCUT2D eigenvalue weighted by molar-refractivity contribution is 0.135. The van der Waals surface area contributed by atoms with E-state index < -0.39 is 12.0 Å². The van der Waals surface area contributed by atoms with Crippen LogP contribution >= 0.6 is 0 Å². The molecule has 3 N–H and O–H groups in total. The van der Waals surface area contributed by atoms with Gasteiger partial charge >= 0.3 is 0 Å². The quantitative estimate of drug-likeness (QED) is 0.530. The minimum atomic E-state index is -0.718. The van der Waals surface area contributed by atoms with Crippen molar-refractivity contribution in [3.05, 3.63) is 36.0 Å². The van der Waals surface area contributed by atoms with Crippen LogP contribution in [-0.4, -0.2) is 30.7 Å². The van der Waals surface area contributed by atoms with Gasteiger partial charge in [-0.05, 0) is 24.0 Å². The maximum atomic E-state index is 9.80. The van der Waals surface area contributed by atoms with Gasteiger partial charge in [0, 0.05) is 17.1 Å². The molecule has 0 bridgehead atoms. The third-order valence-electron chi connectivity index (χ3n) is 2.73. The highest BCUT2D eigenvalue weighted by molar-refractivity contribution is 6.14. The molecule has 16 heavy (non-hydrogen) atoms. The van der Waals surface area contributed by atoms with E-state index in [1.807, 2.05) is 37.4 Å². The highest BCUT2D eigenvalue weighted by Crippen LogP contribution is 2.24. The summed E-state index contributed by atoms with van der Waals surface area (Å²) in [6.07, 6.45) is 1.14. The topological polar surface area (TPSA) is 48.0 Å². The number of likely N-dealkylation sites (N-methyl/N-ethyl adjacent to an activating group) is 1. The van der Waals surface area contributed by atoms with Gasteiger partial charge in [0.2, 0.25) is 0 Å². The second-order valence-corrected chi connectivity index (χ2v) is 3.82. The number of rotatable bonds is 4. The van der Waals surface area contributed by atoms with Gasteiger partial charge in [-0.1, -0.05) is 25.1 Å². The molecule has 0 spiro atoms. The minimum Gasteiger partial charge on any atom is -0.379 e. The minimum absolute atomic E-state index is 0.420. The molecule has 2 unspecified atom stereocenters. The Morgan fingerprint density at radius 2 is 2.19 bits per heavy atom. The molecule has 4 heteroatoms. The highest BCUT2D eigenvalue weighted by atomic mass is 16.3. The molecule has 1 heterocycles. The van der Waals surface area contributed by atoms with E-state index in [0.29, 0.717) is 6.54 Å². The second kappa shape index (κ2) is 4.72. The summed E-state index contributed by atoms with van der Waals surface area (Å²) in [5, 5.41) is 13.8. The molecule has 2 rings (SSSR count). The van der Waals surface area contributed by atoms with E-state index >= 15 is 0 Å². The van der Waals surface area contributed by atoms with Crippen LogP contribution in [0.1, 0.15) is 18.3 Å². The normalized spacial score (nSPS) is 15.1. The molecule has 1 aromatic heterocycles. The summed E-state index contributed by atoms with van der Waals surface area (Å²) < 4.78 is 0.